The largest absolute Gasteiger partial charge is 0.465 e. The molecular weight excluding hydrogens is 271 g/mol. The van der Waals surface area contributed by atoms with Gasteiger partial charge in [0.2, 0.25) is 0 Å². The fourth-order valence-electron chi connectivity index (χ4n) is 2.14. The van der Waals surface area contributed by atoms with E-state index >= 15 is 0 Å². The Labute approximate surface area is 122 Å². The van der Waals surface area contributed by atoms with Gasteiger partial charge >= 0.3 is 5.97 Å². The van der Waals surface area contributed by atoms with E-state index in [4.69, 9.17) is 10.5 Å². The van der Waals surface area contributed by atoms with Crippen LogP contribution in [0.25, 0.3) is 0 Å². The van der Waals surface area contributed by atoms with Crippen molar-refractivity contribution in [2.75, 3.05) is 24.8 Å². The smallest absolute Gasteiger partial charge is 0.340 e. The quantitative estimate of drug-likeness (QED) is 0.694. The first-order chi connectivity index (χ1) is 10.0. The van der Waals surface area contributed by atoms with Crippen molar-refractivity contribution in [2.24, 2.45) is 0 Å². The van der Waals surface area contributed by atoms with Gasteiger partial charge in [0.25, 0.3) is 0 Å². The molecule has 2 aromatic rings. The van der Waals surface area contributed by atoms with Crippen LogP contribution in [-0.2, 0) is 11.3 Å². The molecule has 2 rings (SSSR count). The van der Waals surface area contributed by atoms with Crippen LogP contribution in [0.3, 0.4) is 0 Å². The molecule has 0 aliphatic carbocycles. The number of rotatable bonds is 4. The first-order valence-electron chi connectivity index (χ1n) is 6.46. The van der Waals surface area contributed by atoms with Gasteiger partial charge in [0, 0.05) is 19.2 Å². The molecule has 5 heteroatoms. The molecule has 0 unspecified atom stereocenters. The number of carbonyl (C=O) groups is 1. The molecule has 21 heavy (non-hydrogen) atoms. The number of halogens is 1. The van der Waals surface area contributed by atoms with Crippen molar-refractivity contribution in [3.63, 3.8) is 0 Å². The number of nitrogens with two attached hydrogens (primary N) is 1. The Balaban J connectivity index is 2.30. The Hall–Kier alpha value is -2.56. The second-order valence-corrected chi connectivity index (χ2v) is 4.68. The number of hydrogen-bond donors (Lipinski definition) is 1. The number of anilines is 2. The second kappa shape index (κ2) is 6.26. The molecule has 0 fully saturated rings. The van der Waals surface area contributed by atoms with Crippen molar-refractivity contribution in [2.45, 2.75) is 6.54 Å². The molecule has 0 amide bonds. The van der Waals surface area contributed by atoms with Gasteiger partial charge in [-0.15, -0.1) is 0 Å². The van der Waals surface area contributed by atoms with Gasteiger partial charge in [-0.05, 0) is 18.2 Å². The molecule has 0 radical (unpaired) electrons. The second-order valence-electron chi connectivity index (χ2n) is 4.68. The molecule has 0 atom stereocenters. The SMILES string of the molecule is COC(=O)c1cccc(N(C)Cc2ccccc2F)c1N. The molecule has 2 aromatic carbocycles. The summed E-state index contributed by atoms with van der Waals surface area (Å²) in [7, 11) is 3.09. The number of nitrogen functional groups attached to an aromatic ring is 1. The molecule has 0 aliphatic rings. The van der Waals surface area contributed by atoms with E-state index < -0.39 is 5.97 Å². The lowest BCUT2D eigenvalue weighted by atomic mass is 10.1. The Bertz CT molecular complexity index is 658. The number of methoxy groups -OCH3 is 1. The van der Waals surface area contributed by atoms with E-state index in [9.17, 15) is 9.18 Å². The zero-order valence-corrected chi connectivity index (χ0v) is 12.0. The number of para-hydroxylation sites is 1. The molecule has 4 nitrogen and oxygen atoms in total. The number of carbonyl (C=O) groups excluding carboxylic acids is 1. The van der Waals surface area contributed by atoms with Gasteiger partial charge < -0.3 is 15.4 Å². The summed E-state index contributed by atoms with van der Waals surface area (Å²) in [5.41, 5.74) is 7.85. The van der Waals surface area contributed by atoms with E-state index in [0.29, 0.717) is 29.0 Å². The summed E-state index contributed by atoms with van der Waals surface area (Å²) in [4.78, 5) is 13.4. The summed E-state index contributed by atoms with van der Waals surface area (Å²) in [6, 6.07) is 11.6. The lowest BCUT2D eigenvalue weighted by Gasteiger charge is -2.22. The highest BCUT2D eigenvalue weighted by molar-refractivity contribution is 5.98. The van der Waals surface area contributed by atoms with E-state index in [0.717, 1.165) is 0 Å². The summed E-state index contributed by atoms with van der Waals surface area (Å²) in [6.45, 7) is 0.349. The summed E-state index contributed by atoms with van der Waals surface area (Å²) in [5, 5.41) is 0. The zero-order chi connectivity index (χ0) is 15.4. The maximum absolute atomic E-state index is 13.7. The Morgan fingerprint density at radius 1 is 1.24 bits per heavy atom. The number of hydrogen-bond acceptors (Lipinski definition) is 4. The van der Waals surface area contributed by atoms with Crippen LogP contribution in [0, 0.1) is 5.82 Å². The third kappa shape index (κ3) is 3.13. The van der Waals surface area contributed by atoms with Gasteiger partial charge in [-0.25, -0.2) is 9.18 Å². The fourth-order valence-corrected chi connectivity index (χ4v) is 2.14. The first-order valence-corrected chi connectivity index (χ1v) is 6.46. The fraction of sp³-hybridized carbons (Fsp3) is 0.188. The van der Waals surface area contributed by atoms with Gasteiger partial charge in [0.15, 0.2) is 0 Å². The van der Waals surface area contributed by atoms with Gasteiger partial charge in [-0.1, -0.05) is 24.3 Å². The van der Waals surface area contributed by atoms with Gasteiger partial charge in [0.1, 0.15) is 5.82 Å². The van der Waals surface area contributed by atoms with Crippen LogP contribution in [0.4, 0.5) is 15.8 Å². The van der Waals surface area contributed by atoms with E-state index in [1.54, 1.807) is 48.3 Å². The van der Waals surface area contributed by atoms with Crippen LogP contribution >= 0.6 is 0 Å². The van der Waals surface area contributed by atoms with Crippen molar-refractivity contribution in [1.82, 2.24) is 0 Å². The van der Waals surface area contributed by atoms with Crippen LogP contribution in [0.1, 0.15) is 15.9 Å². The van der Waals surface area contributed by atoms with Gasteiger partial charge in [-0.2, -0.15) is 0 Å². The molecule has 110 valence electrons. The molecule has 0 aromatic heterocycles. The average molecular weight is 288 g/mol. The lowest BCUT2D eigenvalue weighted by Crippen LogP contribution is -2.20. The Morgan fingerprint density at radius 2 is 1.95 bits per heavy atom. The third-order valence-corrected chi connectivity index (χ3v) is 3.27. The topological polar surface area (TPSA) is 55.6 Å². The van der Waals surface area contributed by atoms with Crippen LogP contribution in [0.5, 0.6) is 0 Å². The van der Waals surface area contributed by atoms with Crippen LogP contribution in [0.15, 0.2) is 42.5 Å². The first kappa shape index (κ1) is 14.8. The minimum atomic E-state index is -0.492. The van der Waals surface area contributed by atoms with Crippen LogP contribution < -0.4 is 10.6 Å². The molecule has 0 aliphatic heterocycles. The maximum Gasteiger partial charge on any atom is 0.340 e. The van der Waals surface area contributed by atoms with Crippen molar-refractivity contribution in [3.05, 3.63) is 59.4 Å². The van der Waals surface area contributed by atoms with Gasteiger partial charge in [-0.3, -0.25) is 0 Å². The van der Waals surface area contributed by atoms with Crippen molar-refractivity contribution in [3.8, 4) is 0 Å². The third-order valence-electron chi connectivity index (χ3n) is 3.27. The van der Waals surface area contributed by atoms with Gasteiger partial charge in [0.05, 0.1) is 24.0 Å². The lowest BCUT2D eigenvalue weighted by molar-refractivity contribution is 0.0602. The zero-order valence-electron chi connectivity index (χ0n) is 12.0. The minimum absolute atomic E-state index is 0.271. The summed E-state index contributed by atoms with van der Waals surface area (Å²) in [6.07, 6.45) is 0. The Morgan fingerprint density at radius 3 is 2.62 bits per heavy atom. The molecule has 0 spiro atoms. The predicted octanol–water partition coefficient (Wildman–Crippen LogP) is 2.83. The molecule has 0 saturated carbocycles. The normalized spacial score (nSPS) is 10.2. The summed E-state index contributed by atoms with van der Waals surface area (Å²) < 4.78 is 18.4. The molecule has 0 heterocycles. The molecule has 0 saturated heterocycles. The van der Waals surface area contributed by atoms with Crippen molar-refractivity contribution < 1.29 is 13.9 Å². The number of ether oxygens (including phenoxy) is 1. The van der Waals surface area contributed by atoms with Crippen molar-refractivity contribution >= 4 is 17.3 Å². The monoisotopic (exact) mass is 288 g/mol. The average Bonchev–Trinajstić information content (AvgIpc) is 2.49. The molecular formula is C16H17FN2O2. The highest BCUT2D eigenvalue weighted by atomic mass is 19.1. The Kier molecular flexibility index (Phi) is 4.42. The van der Waals surface area contributed by atoms with Crippen LogP contribution in [0.2, 0.25) is 0 Å². The van der Waals surface area contributed by atoms with E-state index in [1.807, 2.05) is 0 Å². The number of esters is 1. The predicted molar refractivity (Wildman–Crippen MR) is 80.7 cm³/mol. The minimum Gasteiger partial charge on any atom is -0.465 e. The highest BCUT2D eigenvalue weighted by Gasteiger charge is 2.15. The molecule has 2 N–H and O–H groups in total. The summed E-state index contributed by atoms with van der Waals surface area (Å²) >= 11 is 0. The van der Waals surface area contributed by atoms with Crippen LogP contribution in [-0.4, -0.2) is 20.1 Å². The standard InChI is InChI=1S/C16H17FN2O2/c1-19(10-11-6-3-4-8-13(11)17)14-9-5-7-12(15(14)18)16(20)21-2/h3-9H,10,18H2,1-2H3. The molecule has 0 bridgehead atoms. The number of nitrogens with zero attached hydrogens (tertiary/aromatic N) is 1. The van der Waals surface area contributed by atoms with E-state index in [-0.39, 0.29) is 5.82 Å². The number of benzene rings is 2. The summed E-state index contributed by atoms with van der Waals surface area (Å²) in [5.74, 6) is -0.763. The maximum atomic E-state index is 13.7. The van der Waals surface area contributed by atoms with Crippen molar-refractivity contribution in [1.29, 1.82) is 0 Å². The van der Waals surface area contributed by atoms with E-state index in [1.165, 1.54) is 13.2 Å². The van der Waals surface area contributed by atoms with E-state index in [2.05, 4.69) is 0 Å². The highest BCUT2D eigenvalue weighted by Crippen LogP contribution is 2.27.